The van der Waals surface area contributed by atoms with Crippen molar-refractivity contribution in [3.63, 3.8) is 0 Å². The quantitative estimate of drug-likeness (QED) is 0.860. The zero-order valence-electron chi connectivity index (χ0n) is 12.4. The van der Waals surface area contributed by atoms with Crippen molar-refractivity contribution in [3.8, 4) is 0 Å². The molecule has 1 atom stereocenters. The maximum absolute atomic E-state index is 12.8. The van der Waals surface area contributed by atoms with Crippen LogP contribution in [0.25, 0.3) is 0 Å². The van der Waals surface area contributed by atoms with Gasteiger partial charge in [-0.3, -0.25) is 19.3 Å². The smallest absolute Gasteiger partial charge is 0.305 e. The zero-order chi connectivity index (χ0) is 15.8. The maximum atomic E-state index is 12.8. The van der Waals surface area contributed by atoms with Crippen LogP contribution in [0.5, 0.6) is 0 Å². The highest BCUT2D eigenvalue weighted by molar-refractivity contribution is 6.09. The lowest BCUT2D eigenvalue weighted by molar-refractivity contribution is -0.149. The molecule has 5 nitrogen and oxygen atoms in total. The maximum Gasteiger partial charge on any atom is 0.305 e. The molecule has 1 N–H and O–H groups in total. The average Bonchev–Trinajstić information content (AvgIpc) is 2.61. The van der Waals surface area contributed by atoms with Gasteiger partial charge in [0.1, 0.15) is 0 Å². The Labute approximate surface area is 123 Å². The number of carbonyl (C=O) groups excluding carboxylic acids is 2. The number of aliphatic carboxylic acids is 1. The summed E-state index contributed by atoms with van der Waals surface area (Å²) in [6.07, 6.45) is -0.200. The van der Waals surface area contributed by atoms with Gasteiger partial charge < -0.3 is 5.11 Å². The van der Waals surface area contributed by atoms with E-state index in [2.05, 4.69) is 0 Å². The molecular weight excluding hydrogens is 270 g/mol. The molecule has 0 bridgehead atoms. The van der Waals surface area contributed by atoms with Gasteiger partial charge in [-0.1, -0.05) is 30.3 Å². The average molecular weight is 289 g/mol. The van der Waals surface area contributed by atoms with E-state index in [1.54, 1.807) is 20.8 Å². The number of rotatable bonds is 4. The summed E-state index contributed by atoms with van der Waals surface area (Å²) in [6, 6.07) is 9.13. The molecule has 112 valence electrons. The zero-order valence-corrected chi connectivity index (χ0v) is 12.4. The normalized spacial score (nSPS) is 22.7. The number of carbonyl (C=O) groups is 3. The standard InChI is InChI=1S/C16H19NO4/c1-15(2,10-13(19)20)17-12(18)9-16(3,14(17)21)11-7-5-4-6-8-11/h4-8H,9-10H2,1-3H3,(H,19,20). The minimum Gasteiger partial charge on any atom is -0.481 e. The van der Waals surface area contributed by atoms with E-state index in [-0.39, 0.29) is 24.7 Å². The first-order valence-corrected chi connectivity index (χ1v) is 6.83. The second kappa shape index (κ2) is 4.98. The summed E-state index contributed by atoms with van der Waals surface area (Å²) < 4.78 is 0. The molecule has 0 aromatic heterocycles. The molecule has 1 fully saturated rings. The van der Waals surface area contributed by atoms with Crippen molar-refractivity contribution in [2.24, 2.45) is 0 Å². The number of nitrogens with zero attached hydrogens (tertiary/aromatic N) is 1. The van der Waals surface area contributed by atoms with Crippen LogP contribution in [0.4, 0.5) is 0 Å². The number of likely N-dealkylation sites (tertiary alicyclic amines) is 1. The van der Waals surface area contributed by atoms with Crippen LogP contribution in [0.1, 0.15) is 39.2 Å². The Morgan fingerprint density at radius 1 is 1.29 bits per heavy atom. The molecule has 1 heterocycles. The van der Waals surface area contributed by atoms with E-state index >= 15 is 0 Å². The molecule has 0 aliphatic carbocycles. The number of hydrogen-bond acceptors (Lipinski definition) is 3. The second-order valence-corrected chi connectivity index (χ2v) is 6.29. The molecule has 2 amide bonds. The highest BCUT2D eigenvalue weighted by Gasteiger charge is 2.53. The Morgan fingerprint density at radius 2 is 1.86 bits per heavy atom. The summed E-state index contributed by atoms with van der Waals surface area (Å²) in [7, 11) is 0. The van der Waals surface area contributed by atoms with Crippen LogP contribution in [0.15, 0.2) is 30.3 Å². The fourth-order valence-corrected chi connectivity index (χ4v) is 2.91. The molecule has 5 heteroatoms. The molecule has 1 aromatic rings. The van der Waals surface area contributed by atoms with Crippen LogP contribution in [-0.4, -0.2) is 33.3 Å². The number of carboxylic acid groups (broad SMARTS) is 1. The highest BCUT2D eigenvalue weighted by atomic mass is 16.4. The van der Waals surface area contributed by atoms with Crippen LogP contribution in [0.3, 0.4) is 0 Å². The highest BCUT2D eigenvalue weighted by Crippen LogP contribution is 2.40. The van der Waals surface area contributed by atoms with Crippen molar-refractivity contribution >= 4 is 17.8 Å². The van der Waals surface area contributed by atoms with Gasteiger partial charge in [0.05, 0.1) is 17.4 Å². The fourth-order valence-electron chi connectivity index (χ4n) is 2.91. The first kappa shape index (κ1) is 15.2. The molecule has 2 rings (SSSR count). The Bertz CT molecular complexity index is 594. The van der Waals surface area contributed by atoms with E-state index in [0.29, 0.717) is 0 Å². The van der Waals surface area contributed by atoms with Crippen molar-refractivity contribution in [1.82, 2.24) is 4.90 Å². The summed E-state index contributed by atoms with van der Waals surface area (Å²) in [6.45, 7) is 4.95. The van der Waals surface area contributed by atoms with Crippen LogP contribution < -0.4 is 0 Å². The van der Waals surface area contributed by atoms with Crippen molar-refractivity contribution < 1.29 is 19.5 Å². The molecule has 1 unspecified atom stereocenters. The topological polar surface area (TPSA) is 74.7 Å². The van der Waals surface area contributed by atoms with E-state index in [4.69, 9.17) is 5.11 Å². The van der Waals surface area contributed by atoms with Crippen LogP contribution >= 0.6 is 0 Å². The van der Waals surface area contributed by atoms with E-state index in [1.807, 2.05) is 30.3 Å². The van der Waals surface area contributed by atoms with Crippen molar-refractivity contribution in [2.45, 2.75) is 44.6 Å². The molecule has 1 aliphatic rings. The molecule has 0 radical (unpaired) electrons. The van der Waals surface area contributed by atoms with Crippen molar-refractivity contribution in [1.29, 1.82) is 0 Å². The summed E-state index contributed by atoms with van der Waals surface area (Å²) in [5.74, 6) is -1.68. The van der Waals surface area contributed by atoms with Gasteiger partial charge in [-0.25, -0.2) is 0 Å². The van der Waals surface area contributed by atoms with Gasteiger partial charge in [-0.05, 0) is 26.3 Å². The first-order valence-electron chi connectivity index (χ1n) is 6.83. The minimum atomic E-state index is -1.04. The minimum absolute atomic E-state index is 0.0683. The summed E-state index contributed by atoms with van der Waals surface area (Å²) >= 11 is 0. The lowest BCUT2D eigenvalue weighted by Gasteiger charge is -2.34. The van der Waals surface area contributed by atoms with Crippen LogP contribution in [0.2, 0.25) is 0 Å². The van der Waals surface area contributed by atoms with Gasteiger partial charge in [0, 0.05) is 6.42 Å². The van der Waals surface area contributed by atoms with E-state index < -0.39 is 16.9 Å². The predicted molar refractivity (Wildman–Crippen MR) is 76.6 cm³/mol. The third-order valence-electron chi connectivity index (χ3n) is 4.03. The Morgan fingerprint density at radius 3 is 2.38 bits per heavy atom. The number of imide groups is 1. The van der Waals surface area contributed by atoms with Gasteiger partial charge >= 0.3 is 5.97 Å². The summed E-state index contributed by atoms with van der Waals surface area (Å²) in [5.41, 5.74) is -1.18. The summed E-state index contributed by atoms with van der Waals surface area (Å²) in [5, 5.41) is 8.98. The lowest BCUT2D eigenvalue weighted by atomic mass is 9.81. The van der Waals surface area contributed by atoms with Gasteiger partial charge in [-0.2, -0.15) is 0 Å². The molecular formula is C16H19NO4. The fraction of sp³-hybridized carbons (Fsp3) is 0.438. The Hall–Kier alpha value is -2.17. The monoisotopic (exact) mass is 289 g/mol. The van der Waals surface area contributed by atoms with Crippen LogP contribution in [-0.2, 0) is 19.8 Å². The van der Waals surface area contributed by atoms with E-state index in [1.165, 1.54) is 0 Å². The molecule has 1 aliphatic heterocycles. The first-order chi connectivity index (χ1) is 9.68. The number of amides is 2. The molecule has 21 heavy (non-hydrogen) atoms. The van der Waals surface area contributed by atoms with E-state index in [9.17, 15) is 14.4 Å². The van der Waals surface area contributed by atoms with E-state index in [0.717, 1.165) is 10.5 Å². The van der Waals surface area contributed by atoms with Gasteiger partial charge in [0.2, 0.25) is 11.8 Å². The van der Waals surface area contributed by atoms with Crippen molar-refractivity contribution in [3.05, 3.63) is 35.9 Å². The molecule has 0 saturated carbocycles. The van der Waals surface area contributed by atoms with Gasteiger partial charge in [-0.15, -0.1) is 0 Å². The lowest BCUT2D eigenvalue weighted by Crippen LogP contribution is -2.50. The van der Waals surface area contributed by atoms with Gasteiger partial charge in [0.25, 0.3) is 0 Å². The predicted octanol–water partition coefficient (Wildman–Crippen LogP) is 1.96. The third-order valence-corrected chi connectivity index (χ3v) is 4.03. The second-order valence-electron chi connectivity index (χ2n) is 6.29. The van der Waals surface area contributed by atoms with Crippen molar-refractivity contribution in [2.75, 3.05) is 0 Å². The summed E-state index contributed by atoms with van der Waals surface area (Å²) in [4.78, 5) is 37.2. The molecule has 1 saturated heterocycles. The SMILES string of the molecule is CC1(c2ccccc2)CC(=O)N(C(C)(C)CC(=O)O)C1=O. The molecule has 1 aromatic carbocycles. The number of carboxylic acids is 1. The molecule has 0 spiro atoms. The Balaban J connectivity index is 2.39. The van der Waals surface area contributed by atoms with Crippen LogP contribution in [0, 0.1) is 0 Å². The van der Waals surface area contributed by atoms with Gasteiger partial charge in [0.15, 0.2) is 0 Å². The number of hydrogen-bond donors (Lipinski definition) is 1. The Kier molecular flexibility index (Phi) is 3.61. The third kappa shape index (κ3) is 2.55. The number of benzene rings is 1. The largest absolute Gasteiger partial charge is 0.481 e.